The average molecular weight is 285 g/mol. The Balaban J connectivity index is 1.76. The molecule has 0 aliphatic rings. The Labute approximate surface area is 121 Å². The molecule has 20 heavy (non-hydrogen) atoms. The molecule has 0 bridgehead atoms. The number of pyridine rings is 1. The number of anilines is 2. The molecule has 5 nitrogen and oxygen atoms in total. The van der Waals surface area contributed by atoms with E-state index in [4.69, 9.17) is 0 Å². The lowest BCUT2D eigenvalue weighted by atomic mass is 10.3. The van der Waals surface area contributed by atoms with E-state index in [1.165, 1.54) is 0 Å². The van der Waals surface area contributed by atoms with Crippen molar-refractivity contribution in [3.63, 3.8) is 0 Å². The first kappa shape index (κ1) is 12.8. The molecule has 3 rings (SSSR count). The van der Waals surface area contributed by atoms with Crippen LogP contribution in [-0.4, -0.2) is 19.7 Å². The average Bonchev–Trinajstić information content (AvgIpc) is 3.10. The standard InChI is InChI=1S/C14H15N5S/c1-2-7-19-9-11(8-16-19)12-10-20-14(17-12)18-13-5-3-4-6-15-13/h3-6,8-10H,2,7H2,1H3,(H,15,17,18). The van der Waals surface area contributed by atoms with Crippen molar-refractivity contribution in [2.75, 3.05) is 5.32 Å². The van der Waals surface area contributed by atoms with Gasteiger partial charge in [0.25, 0.3) is 0 Å². The fraction of sp³-hybridized carbons (Fsp3) is 0.214. The second kappa shape index (κ2) is 5.83. The van der Waals surface area contributed by atoms with Crippen LogP contribution in [0.1, 0.15) is 13.3 Å². The normalized spacial score (nSPS) is 10.7. The van der Waals surface area contributed by atoms with Crippen molar-refractivity contribution in [3.8, 4) is 11.3 Å². The Kier molecular flexibility index (Phi) is 3.73. The fourth-order valence-electron chi connectivity index (χ4n) is 1.86. The van der Waals surface area contributed by atoms with Crippen molar-refractivity contribution in [1.29, 1.82) is 0 Å². The second-order valence-electron chi connectivity index (χ2n) is 4.37. The molecule has 1 N–H and O–H groups in total. The van der Waals surface area contributed by atoms with Crippen LogP contribution in [0.3, 0.4) is 0 Å². The van der Waals surface area contributed by atoms with E-state index in [1.807, 2.05) is 40.7 Å². The van der Waals surface area contributed by atoms with Gasteiger partial charge in [0.2, 0.25) is 0 Å². The van der Waals surface area contributed by atoms with Crippen LogP contribution in [0.25, 0.3) is 11.3 Å². The zero-order chi connectivity index (χ0) is 13.8. The van der Waals surface area contributed by atoms with Crippen LogP contribution in [-0.2, 0) is 6.54 Å². The van der Waals surface area contributed by atoms with Crippen molar-refractivity contribution in [1.82, 2.24) is 19.7 Å². The Morgan fingerprint density at radius 2 is 2.30 bits per heavy atom. The minimum Gasteiger partial charge on any atom is -0.316 e. The van der Waals surface area contributed by atoms with Crippen LogP contribution in [0.2, 0.25) is 0 Å². The van der Waals surface area contributed by atoms with Gasteiger partial charge in [-0.15, -0.1) is 11.3 Å². The Morgan fingerprint density at radius 1 is 1.35 bits per heavy atom. The lowest BCUT2D eigenvalue weighted by Gasteiger charge is -1.99. The first-order chi connectivity index (χ1) is 9.85. The van der Waals surface area contributed by atoms with Gasteiger partial charge in [-0.2, -0.15) is 5.10 Å². The zero-order valence-electron chi connectivity index (χ0n) is 11.2. The minimum atomic E-state index is 0.801. The van der Waals surface area contributed by atoms with Crippen molar-refractivity contribution in [3.05, 3.63) is 42.2 Å². The molecular weight excluding hydrogens is 270 g/mol. The van der Waals surface area contributed by atoms with E-state index in [1.54, 1.807) is 17.5 Å². The summed E-state index contributed by atoms with van der Waals surface area (Å²) in [5.41, 5.74) is 1.99. The second-order valence-corrected chi connectivity index (χ2v) is 5.23. The molecule has 0 aromatic carbocycles. The number of aromatic nitrogens is 4. The SMILES string of the molecule is CCCn1cc(-c2csc(Nc3ccccn3)n2)cn1. The molecule has 0 atom stereocenters. The van der Waals surface area contributed by atoms with E-state index < -0.39 is 0 Å². The van der Waals surface area contributed by atoms with E-state index >= 15 is 0 Å². The van der Waals surface area contributed by atoms with Crippen LogP contribution in [0.15, 0.2) is 42.2 Å². The lowest BCUT2D eigenvalue weighted by molar-refractivity contribution is 0.603. The first-order valence-electron chi connectivity index (χ1n) is 6.51. The number of aryl methyl sites for hydroxylation is 1. The third kappa shape index (κ3) is 2.85. The topological polar surface area (TPSA) is 55.6 Å². The van der Waals surface area contributed by atoms with E-state index in [-0.39, 0.29) is 0 Å². The quantitative estimate of drug-likeness (QED) is 0.779. The van der Waals surface area contributed by atoms with Crippen molar-refractivity contribution >= 4 is 22.3 Å². The molecule has 0 saturated carbocycles. The number of hydrogen-bond donors (Lipinski definition) is 1. The van der Waals surface area contributed by atoms with Gasteiger partial charge in [0.15, 0.2) is 5.13 Å². The number of rotatable bonds is 5. The molecule has 3 heterocycles. The van der Waals surface area contributed by atoms with E-state index in [9.17, 15) is 0 Å². The van der Waals surface area contributed by atoms with Crippen LogP contribution in [0.5, 0.6) is 0 Å². The summed E-state index contributed by atoms with van der Waals surface area (Å²) in [6.07, 6.45) is 6.72. The summed E-state index contributed by atoms with van der Waals surface area (Å²) in [4.78, 5) is 8.79. The fourth-order valence-corrected chi connectivity index (χ4v) is 2.58. The van der Waals surface area contributed by atoms with Crippen molar-refractivity contribution < 1.29 is 0 Å². The lowest BCUT2D eigenvalue weighted by Crippen LogP contribution is -1.95. The Bertz CT molecular complexity index is 674. The van der Waals surface area contributed by atoms with Gasteiger partial charge < -0.3 is 5.32 Å². The van der Waals surface area contributed by atoms with Crippen molar-refractivity contribution in [2.24, 2.45) is 0 Å². The summed E-state index contributed by atoms with van der Waals surface area (Å²) < 4.78 is 1.94. The molecule has 0 saturated heterocycles. The highest BCUT2D eigenvalue weighted by Gasteiger charge is 2.07. The molecule has 3 aromatic rings. The molecule has 0 fully saturated rings. The maximum atomic E-state index is 4.56. The molecule has 0 unspecified atom stereocenters. The third-order valence-electron chi connectivity index (χ3n) is 2.79. The number of hydrogen-bond acceptors (Lipinski definition) is 5. The highest BCUT2D eigenvalue weighted by atomic mass is 32.1. The van der Waals surface area contributed by atoms with E-state index in [0.717, 1.165) is 35.2 Å². The van der Waals surface area contributed by atoms with Crippen LogP contribution >= 0.6 is 11.3 Å². The maximum absolute atomic E-state index is 4.56. The number of thiazole rings is 1. The molecule has 0 radical (unpaired) electrons. The summed E-state index contributed by atoms with van der Waals surface area (Å²) in [5.74, 6) is 0.801. The monoisotopic (exact) mass is 285 g/mol. The number of nitrogens with one attached hydrogen (secondary N) is 1. The van der Waals surface area contributed by atoms with E-state index in [0.29, 0.717) is 0 Å². The van der Waals surface area contributed by atoms with E-state index in [2.05, 4.69) is 27.3 Å². The van der Waals surface area contributed by atoms with Crippen LogP contribution in [0, 0.1) is 0 Å². The zero-order valence-corrected chi connectivity index (χ0v) is 12.0. The van der Waals surface area contributed by atoms with Gasteiger partial charge in [-0.25, -0.2) is 9.97 Å². The van der Waals surface area contributed by atoms with Gasteiger partial charge in [-0.3, -0.25) is 4.68 Å². The highest BCUT2D eigenvalue weighted by molar-refractivity contribution is 7.14. The Morgan fingerprint density at radius 3 is 3.10 bits per heavy atom. The summed E-state index contributed by atoms with van der Waals surface area (Å²) in [6.45, 7) is 3.07. The molecule has 6 heteroatoms. The van der Waals surface area contributed by atoms with Gasteiger partial charge in [0.05, 0.1) is 11.9 Å². The largest absolute Gasteiger partial charge is 0.316 e. The highest BCUT2D eigenvalue weighted by Crippen LogP contribution is 2.26. The smallest absolute Gasteiger partial charge is 0.188 e. The molecular formula is C14H15N5S. The van der Waals surface area contributed by atoms with Crippen molar-refractivity contribution in [2.45, 2.75) is 19.9 Å². The summed E-state index contributed by atoms with van der Waals surface area (Å²) in [5, 5.41) is 10.4. The predicted molar refractivity (Wildman–Crippen MR) is 81.1 cm³/mol. The molecule has 0 spiro atoms. The maximum Gasteiger partial charge on any atom is 0.188 e. The molecule has 3 aromatic heterocycles. The predicted octanol–water partition coefficient (Wildman–Crippen LogP) is 3.56. The summed E-state index contributed by atoms with van der Waals surface area (Å²) in [6, 6.07) is 5.75. The molecule has 0 aliphatic carbocycles. The Hall–Kier alpha value is -2.21. The third-order valence-corrected chi connectivity index (χ3v) is 3.54. The molecule has 0 amide bonds. The summed E-state index contributed by atoms with van der Waals surface area (Å²) in [7, 11) is 0. The van der Waals surface area contributed by atoms with Gasteiger partial charge in [0, 0.05) is 29.9 Å². The first-order valence-corrected chi connectivity index (χ1v) is 7.39. The van der Waals surface area contributed by atoms with Gasteiger partial charge >= 0.3 is 0 Å². The van der Waals surface area contributed by atoms with Gasteiger partial charge in [-0.05, 0) is 18.6 Å². The van der Waals surface area contributed by atoms with Crippen LogP contribution in [0.4, 0.5) is 10.9 Å². The number of nitrogens with zero attached hydrogens (tertiary/aromatic N) is 4. The van der Waals surface area contributed by atoms with Crippen LogP contribution < -0.4 is 5.32 Å². The van der Waals surface area contributed by atoms with Gasteiger partial charge in [0.1, 0.15) is 5.82 Å². The molecule has 0 aliphatic heterocycles. The minimum absolute atomic E-state index is 0.801. The van der Waals surface area contributed by atoms with Gasteiger partial charge in [-0.1, -0.05) is 13.0 Å². The summed E-state index contributed by atoms with van der Waals surface area (Å²) >= 11 is 1.56. The molecule has 102 valence electrons.